The molecular formula is C16H23FN2O. The lowest BCUT2D eigenvalue weighted by Crippen LogP contribution is -2.41. The van der Waals surface area contributed by atoms with Gasteiger partial charge in [0.05, 0.1) is 0 Å². The summed E-state index contributed by atoms with van der Waals surface area (Å²) in [7, 11) is 0. The first kappa shape index (κ1) is 14.8. The molecule has 110 valence electrons. The summed E-state index contributed by atoms with van der Waals surface area (Å²) >= 11 is 0. The van der Waals surface area contributed by atoms with E-state index in [1.165, 1.54) is 18.9 Å². The molecule has 1 amide bonds. The van der Waals surface area contributed by atoms with Gasteiger partial charge in [0.2, 0.25) is 5.91 Å². The number of rotatable bonds is 3. The summed E-state index contributed by atoms with van der Waals surface area (Å²) < 4.78 is 13.5. The first-order chi connectivity index (χ1) is 9.58. The fourth-order valence-corrected chi connectivity index (χ4v) is 2.56. The van der Waals surface area contributed by atoms with Crippen molar-refractivity contribution >= 4 is 11.6 Å². The molecule has 0 spiro atoms. The number of hydrogen-bond donors (Lipinski definition) is 1. The second-order valence-electron chi connectivity index (χ2n) is 5.57. The molecule has 1 aromatic rings. The van der Waals surface area contributed by atoms with E-state index in [-0.39, 0.29) is 17.8 Å². The number of nitrogens with zero attached hydrogens (tertiary/aromatic N) is 1. The number of benzene rings is 1. The number of anilines is 1. The largest absolute Gasteiger partial charge is 0.374 e. The number of hydrogen-bond acceptors (Lipinski definition) is 2. The third kappa shape index (κ3) is 3.71. The number of carbonyl (C=O) groups excluding carboxylic acids is 1. The van der Waals surface area contributed by atoms with E-state index in [1.807, 2.05) is 17.9 Å². The van der Waals surface area contributed by atoms with Gasteiger partial charge in [-0.25, -0.2) is 4.39 Å². The number of carbonyl (C=O) groups is 1. The fraction of sp³-hybridized carbons (Fsp3) is 0.562. The van der Waals surface area contributed by atoms with Gasteiger partial charge >= 0.3 is 0 Å². The van der Waals surface area contributed by atoms with E-state index in [0.29, 0.717) is 11.3 Å². The molecule has 4 heteroatoms. The van der Waals surface area contributed by atoms with Crippen LogP contribution in [0, 0.1) is 12.7 Å². The summed E-state index contributed by atoms with van der Waals surface area (Å²) in [5.41, 5.74) is 1.27. The van der Waals surface area contributed by atoms with Crippen molar-refractivity contribution < 1.29 is 9.18 Å². The molecule has 3 nitrogen and oxygen atoms in total. The number of halogens is 1. The highest BCUT2D eigenvalue weighted by Crippen LogP contribution is 2.16. The second kappa shape index (κ2) is 6.73. The summed E-state index contributed by atoms with van der Waals surface area (Å²) in [5, 5.41) is 3.10. The van der Waals surface area contributed by atoms with Crippen molar-refractivity contribution in [2.75, 3.05) is 18.4 Å². The second-order valence-corrected chi connectivity index (χ2v) is 5.57. The number of amides is 1. The lowest BCUT2D eigenvalue weighted by molar-refractivity contribution is -0.131. The fourth-order valence-electron chi connectivity index (χ4n) is 2.56. The average molecular weight is 278 g/mol. The van der Waals surface area contributed by atoms with Crippen LogP contribution in [0.25, 0.3) is 0 Å². The zero-order valence-corrected chi connectivity index (χ0v) is 12.3. The molecule has 1 fully saturated rings. The lowest BCUT2D eigenvalue weighted by atomic mass is 10.2. The van der Waals surface area contributed by atoms with E-state index < -0.39 is 0 Å². The molecule has 1 aromatic carbocycles. The van der Waals surface area contributed by atoms with Crippen molar-refractivity contribution in [2.24, 2.45) is 0 Å². The monoisotopic (exact) mass is 278 g/mol. The van der Waals surface area contributed by atoms with Crippen LogP contribution < -0.4 is 5.32 Å². The van der Waals surface area contributed by atoms with Gasteiger partial charge in [-0.2, -0.15) is 0 Å². The highest BCUT2D eigenvalue weighted by atomic mass is 19.1. The Bertz CT molecular complexity index is 468. The van der Waals surface area contributed by atoms with Crippen LogP contribution in [0.15, 0.2) is 18.2 Å². The Kier molecular flexibility index (Phi) is 4.99. The molecule has 1 unspecified atom stereocenters. The van der Waals surface area contributed by atoms with Crippen LogP contribution in [0.1, 0.15) is 38.2 Å². The number of aryl methyl sites for hydroxylation is 1. The van der Waals surface area contributed by atoms with Crippen molar-refractivity contribution in [3.63, 3.8) is 0 Å². The molecule has 20 heavy (non-hydrogen) atoms. The van der Waals surface area contributed by atoms with E-state index in [1.54, 1.807) is 13.0 Å². The van der Waals surface area contributed by atoms with Crippen molar-refractivity contribution in [3.8, 4) is 0 Å². The molecule has 1 heterocycles. The topological polar surface area (TPSA) is 32.3 Å². The van der Waals surface area contributed by atoms with E-state index >= 15 is 0 Å². The third-order valence-electron chi connectivity index (χ3n) is 3.84. The maximum Gasteiger partial charge on any atom is 0.244 e. The van der Waals surface area contributed by atoms with Crippen LogP contribution in [0.5, 0.6) is 0 Å². The van der Waals surface area contributed by atoms with E-state index in [4.69, 9.17) is 0 Å². The number of likely N-dealkylation sites (tertiary alicyclic amines) is 1. The minimum absolute atomic E-state index is 0.105. The van der Waals surface area contributed by atoms with Crippen molar-refractivity contribution in [1.29, 1.82) is 0 Å². The zero-order valence-electron chi connectivity index (χ0n) is 12.3. The minimum atomic E-state index is -0.324. The minimum Gasteiger partial charge on any atom is -0.374 e. The van der Waals surface area contributed by atoms with Crippen molar-refractivity contribution in [3.05, 3.63) is 29.6 Å². The molecule has 2 rings (SSSR count). The predicted octanol–water partition coefficient (Wildman–Crippen LogP) is 3.34. The van der Waals surface area contributed by atoms with E-state index in [9.17, 15) is 9.18 Å². The van der Waals surface area contributed by atoms with Gasteiger partial charge in [0.1, 0.15) is 11.9 Å². The van der Waals surface area contributed by atoms with Crippen LogP contribution in [0.2, 0.25) is 0 Å². The Morgan fingerprint density at radius 1 is 1.25 bits per heavy atom. The zero-order chi connectivity index (χ0) is 14.5. The molecule has 0 aliphatic carbocycles. The van der Waals surface area contributed by atoms with Crippen LogP contribution in [0.3, 0.4) is 0 Å². The molecular weight excluding hydrogens is 255 g/mol. The van der Waals surface area contributed by atoms with E-state index in [2.05, 4.69) is 5.32 Å². The maximum atomic E-state index is 13.5. The summed E-state index contributed by atoms with van der Waals surface area (Å²) in [6.45, 7) is 5.25. The van der Waals surface area contributed by atoms with Crippen LogP contribution in [-0.2, 0) is 4.79 Å². The molecule has 1 aliphatic heterocycles. The number of nitrogens with one attached hydrogen (secondary N) is 1. The lowest BCUT2D eigenvalue weighted by Gasteiger charge is -2.25. The SMILES string of the molecule is Cc1ccc(NC(C)C(=O)N2CCCCCC2)cc1F. The smallest absolute Gasteiger partial charge is 0.244 e. The van der Waals surface area contributed by atoms with Gasteiger partial charge in [-0.05, 0) is 44.4 Å². The Balaban J connectivity index is 1.97. The molecule has 1 aliphatic rings. The van der Waals surface area contributed by atoms with Gasteiger partial charge in [-0.15, -0.1) is 0 Å². The average Bonchev–Trinajstić information content (AvgIpc) is 2.71. The third-order valence-corrected chi connectivity index (χ3v) is 3.84. The summed E-state index contributed by atoms with van der Waals surface area (Å²) in [4.78, 5) is 14.3. The summed E-state index contributed by atoms with van der Waals surface area (Å²) in [5.74, 6) is -0.141. The van der Waals surface area contributed by atoms with Crippen molar-refractivity contribution in [2.45, 2.75) is 45.6 Å². The molecule has 1 saturated heterocycles. The van der Waals surface area contributed by atoms with Crippen molar-refractivity contribution in [1.82, 2.24) is 4.90 Å². The maximum absolute atomic E-state index is 13.5. The predicted molar refractivity (Wildman–Crippen MR) is 79.3 cm³/mol. The Morgan fingerprint density at radius 3 is 2.50 bits per heavy atom. The standard InChI is InChI=1S/C16H23FN2O/c1-12-7-8-14(11-15(12)17)18-13(2)16(20)19-9-5-3-4-6-10-19/h7-8,11,13,18H,3-6,9-10H2,1-2H3. The Labute approximate surface area is 120 Å². The Hall–Kier alpha value is -1.58. The van der Waals surface area contributed by atoms with Crippen LogP contribution in [0.4, 0.5) is 10.1 Å². The van der Waals surface area contributed by atoms with Gasteiger partial charge in [0.15, 0.2) is 0 Å². The molecule has 0 radical (unpaired) electrons. The van der Waals surface area contributed by atoms with Crippen LogP contribution in [-0.4, -0.2) is 29.9 Å². The normalized spacial score (nSPS) is 17.4. The molecule has 1 atom stereocenters. The highest BCUT2D eigenvalue weighted by Gasteiger charge is 2.21. The molecule has 0 bridgehead atoms. The molecule has 0 saturated carbocycles. The van der Waals surface area contributed by atoms with E-state index in [0.717, 1.165) is 25.9 Å². The van der Waals surface area contributed by atoms with Gasteiger partial charge in [0, 0.05) is 18.8 Å². The summed E-state index contributed by atoms with van der Waals surface area (Å²) in [6, 6.07) is 4.66. The molecule has 1 N–H and O–H groups in total. The molecule has 0 aromatic heterocycles. The quantitative estimate of drug-likeness (QED) is 0.919. The van der Waals surface area contributed by atoms with Gasteiger partial charge < -0.3 is 10.2 Å². The van der Waals surface area contributed by atoms with Gasteiger partial charge in [-0.3, -0.25) is 4.79 Å². The first-order valence-electron chi connectivity index (χ1n) is 7.39. The van der Waals surface area contributed by atoms with Gasteiger partial charge in [-0.1, -0.05) is 18.9 Å². The summed E-state index contributed by atoms with van der Waals surface area (Å²) in [6.07, 6.45) is 4.57. The van der Waals surface area contributed by atoms with Crippen LogP contribution >= 0.6 is 0 Å². The highest BCUT2D eigenvalue weighted by molar-refractivity contribution is 5.84. The van der Waals surface area contributed by atoms with Gasteiger partial charge in [0.25, 0.3) is 0 Å². The first-order valence-corrected chi connectivity index (χ1v) is 7.39. The Morgan fingerprint density at radius 2 is 1.90 bits per heavy atom.